The molecule has 0 bridgehead atoms. The molecular formula is C12H18N4O2. The van der Waals surface area contributed by atoms with Gasteiger partial charge in [-0.1, -0.05) is 6.92 Å². The molecule has 0 atom stereocenters. The molecular weight excluding hydrogens is 232 g/mol. The SMILES string of the molecule is CCCN(CC(=O)OC)c1c(C#N)c(C)nn1C. The number of aromatic nitrogens is 2. The van der Waals surface area contributed by atoms with Crippen LogP contribution in [-0.4, -0.2) is 35.9 Å². The van der Waals surface area contributed by atoms with Gasteiger partial charge in [0.05, 0.1) is 12.8 Å². The number of hydrogen-bond donors (Lipinski definition) is 0. The number of carbonyl (C=O) groups excluding carboxylic acids is 1. The second-order valence-corrected chi connectivity index (χ2v) is 4.02. The lowest BCUT2D eigenvalue weighted by Gasteiger charge is -2.22. The Bertz CT molecular complexity index is 473. The molecule has 0 radical (unpaired) electrons. The zero-order valence-corrected chi connectivity index (χ0v) is 11.2. The number of methoxy groups -OCH3 is 1. The normalized spacial score (nSPS) is 9.94. The average Bonchev–Trinajstić information content (AvgIpc) is 2.62. The van der Waals surface area contributed by atoms with Crippen LogP contribution in [0.5, 0.6) is 0 Å². The van der Waals surface area contributed by atoms with Crippen LogP contribution in [0.4, 0.5) is 5.82 Å². The van der Waals surface area contributed by atoms with Crippen LogP contribution in [0.1, 0.15) is 24.6 Å². The molecule has 0 amide bonds. The number of anilines is 1. The number of hydrogen-bond acceptors (Lipinski definition) is 5. The largest absolute Gasteiger partial charge is 0.468 e. The van der Waals surface area contributed by atoms with E-state index in [0.29, 0.717) is 23.6 Å². The van der Waals surface area contributed by atoms with Gasteiger partial charge in [0.25, 0.3) is 0 Å². The van der Waals surface area contributed by atoms with E-state index in [1.165, 1.54) is 7.11 Å². The molecule has 0 spiro atoms. The minimum Gasteiger partial charge on any atom is -0.468 e. The van der Waals surface area contributed by atoms with Crippen LogP contribution in [-0.2, 0) is 16.6 Å². The maximum Gasteiger partial charge on any atom is 0.325 e. The summed E-state index contributed by atoms with van der Waals surface area (Å²) in [5.41, 5.74) is 1.18. The minimum atomic E-state index is -0.328. The fourth-order valence-corrected chi connectivity index (χ4v) is 1.89. The van der Waals surface area contributed by atoms with Crippen LogP contribution in [0, 0.1) is 18.3 Å². The van der Waals surface area contributed by atoms with Gasteiger partial charge in [-0.05, 0) is 13.3 Å². The Labute approximate surface area is 107 Å². The second-order valence-electron chi connectivity index (χ2n) is 4.02. The van der Waals surface area contributed by atoms with Gasteiger partial charge in [-0.3, -0.25) is 9.48 Å². The van der Waals surface area contributed by atoms with Gasteiger partial charge in [-0.25, -0.2) is 0 Å². The number of nitrogens with zero attached hydrogens (tertiary/aromatic N) is 4. The van der Waals surface area contributed by atoms with Gasteiger partial charge in [0.1, 0.15) is 24.0 Å². The Hall–Kier alpha value is -2.03. The highest BCUT2D eigenvalue weighted by atomic mass is 16.5. The summed E-state index contributed by atoms with van der Waals surface area (Å²) in [6.45, 7) is 4.59. The van der Waals surface area contributed by atoms with E-state index in [-0.39, 0.29) is 12.5 Å². The summed E-state index contributed by atoms with van der Waals surface area (Å²) in [5, 5.41) is 13.4. The molecule has 0 fully saturated rings. The van der Waals surface area contributed by atoms with E-state index in [2.05, 4.69) is 15.9 Å². The van der Waals surface area contributed by atoms with Crippen LogP contribution >= 0.6 is 0 Å². The Kier molecular flexibility index (Phi) is 4.72. The number of aryl methyl sites for hydroxylation is 2. The van der Waals surface area contributed by atoms with Crippen molar-refractivity contribution in [3.8, 4) is 6.07 Å². The number of carbonyl (C=O) groups is 1. The third-order valence-electron chi connectivity index (χ3n) is 2.64. The molecule has 1 aromatic rings. The lowest BCUT2D eigenvalue weighted by Crippen LogP contribution is -2.33. The molecule has 0 unspecified atom stereocenters. The lowest BCUT2D eigenvalue weighted by molar-refractivity contribution is -0.138. The molecule has 0 saturated carbocycles. The predicted molar refractivity (Wildman–Crippen MR) is 67.2 cm³/mol. The summed E-state index contributed by atoms with van der Waals surface area (Å²) in [5.74, 6) is 0.341. The van der Waals surface area contributed by atoms with Crippen molar-refractivity contribution < 1.29 is 9.53 Å². The van der Waals surface area contributed by atoms with E-state index in [1.807, 2.05) is 11.8 Å². The fraction of sp³-hybridized carbons (Fsp3) is 0.583. The molecule has 98 valence electrons. The zero-order valence-electron chi connectivity index (χ0n) is 11.2. The smallest absolute Gasteiger partial charge is 0.325 e. The Morgan fingerprint density at radius 2 is 2.28 bits per heavy atom. The number of rotatable bonds is 5. The molecule has 0 aliphatic heterocycles. The van der Waals surface area contributed by atoms with Gasteiger partial charge in [-0.2, -0.15) is 10.4 Å². The molecule has 1 aromatic heterocycles. The average molecular weight is 250 g/mol. The van der Waals surface area contributed by atoms with Crippen LogP contribution in [0.3, 0.4) is 0 Å². The molecule has 0 N–H and O–H groups in total. The summed E-state index contributed by atoms with van der Waals surface area (Å²) in [6, 6.07) is 2.14. The molecule has 0 saturated heterocycles. The van der Waals surface area contributed by atoms with E-state index >= 15 is 0 Å². The van der Waals surface area contributed by atoms with E-state index in [9.17, 15) is 10.1 Å². The fourth-order valence-electron chi connectivity index (χ4n) is 1.89. The standard InChI is InChI=1S/C12H18N4O2/c1-5-6-16(8-11(17)18-4)12-10(7-13)9(2)14-15(12)3/h5-6,8H2,1-4H3. The van der Waals surface area contributed by atoms with Crippen molar-refractivity contribution in [1.82, 2.24) is 9.78 Å². The van der Waals surface area contributed by atoms with Gasteiger partial charge < -0.3 is 9.64 Å². The zero-order chi connectivity index (χ0) is 13.7. The summed E-state index contributed by atoms with van der Waals surface area (Å²) in [6.07, 6.45) is 0.867. The first-order valence-corrected chi connectivity index (χ1v) is 5.80. The summed E-state index contributed by atoms with van der Waals surface area (Å²) >= 11 is 0. The Morgan fingerprint density at radius 3 is 2.78 bits per heavy atom. The Morgan fingerprint density at radius 1 is 1.61 bits per heavy atom. The van der Waals surface area contributed by atoms with Crippen molar-refractivity contribution >= 4 is 11.8 Å². The first-order valence-electron chi connectivity index (χ1n) is 5.80. The molecule has 0 aliphatic carbocycles. The number of ether oxygens (including phenoxy) is 1. The van der Waals surface area contributed by atoms with Crippen molar-refractivity contribution in [2.45, 2.75) is 20.3 Å². The number of nitriles is 1. The van der Waals surface area contributed by atoms with Crippen LogP contribution in [0.2, 0.25) is 0 Å². The van der Waals surface area contributed by atoms with Gasteiger partial charge in [-0.15, -0.1) is 0 Å². The van der Waals surface area contributed by atoms with E-state index in [1.54, 1.807) is 18.7 Å². The molecule has 6 nitrogen and oxygen atoms in total. The second kappa shape index (κ2) is 6.05. The van der Waals surface area contributed by atoms with Crippen LogP contribution < -0.4 is 4.90 Å². The molecule has 18 heavy (non-hydrogen) atoms. The lowest BCUT2D eigenvalue weighted by atomic mass is 10.2. The third kappa shape index (κ3) is 2.80. The predicted octanol–water partition coefficient (Wildman–Crippen LogP) is 0.990. The first-order chi connectivity index (χ1) is 8.54. The summed E-state index contributed by atoms with van der Waals surface area (Å²) < 4.78 is 6.31. The van der Waals surface area contributed by atoms with Crippen LogP contribution in [0.15, 0.2) is 0 Å². The molecule has 0 aromatic carbocycles. The van der Waals surface area contributed by atoms with Gasteiger partial charge in [0, 0.05) is 13.6 Å². The van der Waals surface area contributed by atoms with E-state index < -0.39 is 0 Å². The van der Waals surface area contributed by atoms with Crippen molar-refractivity contribution in [3.63, 3.8) is 0 Å². The highest BCUT2D eigenvalue weighted by Crippen LogP contribution is 2.22. The van der Waals surface area contributed by atoms with Crippen molar-refractivity contribution in [1.29, 1.82) is 5.26 Å². The van der Waals surface area contributed by atoms with Gasteiger partial charge in [0.2, 0.25) is 0 Å². The molecule has 6 heteroatoms. The first kappa shape index (κ1) is 14.0. The maximum atomic E-state index is 11.4. The monoisotopic (exact) mass is 250 g/mol. The van der Waals surface area contributed by atoms with E-state index in [4.69, 9.17) is 0 Å². The van der Waals surface area contributed by atoms with Crippen molar-refractivity contribution in [3.05, 3.63) is 11.3 Å². The van der Waals surface area contributed by atoms with Gasteiger partial charge in [0.15, 0.2) is 0 Å². The Balaban J connectivity index is 3.13. The highest BCUT2D eigenvalue weighted by molar-refractivity contribution is 5.76. The third-order valence-corrected chi connectivity index (χ3v) is 2.64. The van der Waals surface area contributed by atoms with Crippen molar-refractivity contribution in [2.75, 3.05) is 25.1 Å². The quantitative estimate of drug-likeness (QED) is 0.729. The topological polar surface area (TPSA) is 71.2 Å². The number of esters is 1. The van der Waals surface area contributed by atoms with Crippen LogP contribution in [0.25, 0.3) is 0 Å². The molecule has 1 rings (SSSR count). The summed E-state index contributed by atoms with van der Waals surface area (Å²) in [4.78, 5) is 13.2. The van der Waals surface area contributed by atoms with Crippen molar-refractivity contribution in [2.24, 2.45) is 7.05 Å². The minimum absolute atomic E-state index is 0.123. The van der Waals surface area contributed by atoms with Gasteiger partial charge >= 0.3 is 5.97 Å². The maximum absolute atomic E-state index is 11.4. The molecule has 1 heterocycles. The molecule has 0 aliphatic rings. The highest BCUT2D eigenvalue weighted by Gasteiger charge is 2.21. The summed E-state index contributed by atoms with van der Waals surface area (Å²) in [7, 11) is 3.12. The van der Waals surface area contributed by atoms with E-state index in [0.717, 1.165) is 6.42 Å².